The maximum absolute atomic E-state index is 4.48. The van der Waals surface area contributed by atoms with Crippen LogP contribution in [0.25, 0.3) is 0 Å². The summed E-state index contributed by atoms with van der Waals surface area (Å²) in [7, 11) is 1.89. The van der Waals surface area contributed by atoms with E-state index in [-0.39, 0.29) is 0 Å². The molecule has 146 valence electrons. The number of hydrogen-bond donors (Lipinski definition) is 2. The fraction of sp³-hybridized carbons (Fsp3) is 0.750. The second-order valence-electron chi connectivity index (χ2n) is 7.49. The van der Waals surface area contributed by atoms with Gasteiger partial charge in [-0.15, -0.1) is 11.3 Å². The summed E-state index contributed by atoms with van der Waals surface area (Å²) in [4.78, 5) is 11.1. The minimum absolute atomic E-state index is 0.461. The van der Waals surface area contributed by atoms with Crippen LogP contribution >= 0.6 is 11.3 Å². The maximum Gasteiger partial charge on any atom is 0.191 e. The van der Waals surface area contributed by atoms with Crippen LogP contribution in [0.1, 0.15) is 49.9 Å². The number of rotatable bonds is 7. The summed E-state index contributed by atoms with van der Waals surface area (Å²) in [5.41, 5.74) is 0. The normalized spacial score (nSPS) is 21.8. The third-order valence-corrected chi connectivity index (χ3v) is 6.58. The van der Waals surface area contributed by atoms with Crippen molar-refractivity contribution >= 4 is 17.3 Å². The third-order valence-electron chi connectivity index (χ3n) is 5.61. The lowest BCUT2D eigenvalue weighted by Crippen LogP contribution is -2.50. The average molecular weight is 378 g/mol. The van der Waals surface area contributed by atoms with E-state index < -0.39 is 0 Å². The number of guanidine groups is 1. The third kappa shape index (κ3) is 5.44. The molecule has 26 heavy (non-hydrogen) atoms. The summed E-state index contributed by atoms with van der Waals surface area (Å²) in [5.74, 6) is 0.958. The summed E-state index contributed by atoms with van der Waals surface area (Å²) >= 11 is 1.87. The van der Waals surface area contributed by atoms with E-state index in [1.54, 1.807) is 0 Å². The van der Waals surface area contributed by atoms with Gasteiger partial charge >= 0.3 is 0 Å². The fourth-order valence-electron chi connectivity index (χ4n) is 4.14. The van der Waals surface area contributed by atoms with Crippen molar-refractivity contribution in [2.24, 2.45) is 4.99 Å². The van der Waals surface area contributed by atoms with E-state index in [0.29, 0.717) is 12.1 Å². The molecule has 6 heteroatoms. The highest BCUT2D eigenvalue weighted by Gasteiger charge is 2.25. The van der Waals surface area contributed by atoms with Gasteiger partial charge in [0.25, 0.3) is 0 Å². The molecule has 0 spiro atoms. The highest BCUT2D eigenvalue weighted by molar-refractivity contribution is 7.10. The highest BCUT2D eigenvalue weighted by Crippen LogP contribution is 2.27. The van der Waals surface area contributed by atoms with Gasteiger partial charge in [0.15, 0.2) is 5.96 Å². The van der Waals surface area contributed by atoms with Gasteiger partial charge < -0.3 is 15.5 Å². The van der Waals surface area contributed by atoms with Crippen LogP contribution in [0.3, 0.4) is 0 Å². The van der Waals surface area contributed by atoms with Gasteiger partial charge in [-0.05, 0) is 63.2 Å². The van der Waals surface area contributed by atoms with Gasteiger partial charge in [0, 0.05) is 37.6 Å². The van der Waals surface area contributed by atoms with Gasteiger partial charge in [-0.1, -0.05) is 13.0 Å². The molecule has 1 aromatic rings. The first-order valence-corrected chi connectivity index (χ1v) is 11.1. The smallest absolute Gasteiger partial charge is 0.191 e. The quantitative estimate of drug-likeness (QED) is 0.566. The number of aliphatic imine (C=N–C) groups is 1. The molecule has 0 aliphatic carbocycles. The van der Waals surface area contributed by atoms with Crippen molar-refractivity contribution < 1.29 is 0 Å². The maximum atomic E-state index is 4.48. The predicted molar refractivity (Wildman–Crippen MR) is 112 cm³/mol. The molecule has 0 bridgehead atoms. The molecule has 1 aromatic heterocycles. The average Bonchev–Trinajstić information content (AvgIpc) is 3.37. The van der Waals surface area contributed by atoms with E-state index in [1.807, 2.05) is 18.4 Å². The second kappa shape index (κ2) is 10.3. The van der Waals surface area contributed by atoms with Crippen LogP contribution in [0.5, 0.6) is 0 Å². The largest absolute Gasteiger partial charge is 0.354 e. The Morgan fingerprint density at radius 2 is 2.04 bits per heavy atom. The Morgan fingerprint density at radius 3 is 2.65 bits per heavy atom. The summed E-state index contributed by atoms with van der Waals surface area (Å²) in [6, 6.07) is 5.44. The topological polar surface area (TPSA) is 42.9 Å². The lowest BCUT2D eigenvalue weighted by molar-refractivity contribution is 0.206. The number of nitrogens with zero attached hydrogens (tertiary/aromatic N) is 3. The van der Waals surface area contributed by atoms with Crippen LogP contribution < -0.4 is 10.6 Å². The molecule has 0 radical (unpaired) electrons. The molecule has 2 aliphatic rings. The Labute approximate surface area is 162 Å². The molecule has 0 saturated carbocycles. The summed E-state index contributed by atoms with van der Waals surface area (Å²) < 4.78 is 0. The lowest BCUT2D eigenvalue weighted by Gasteiger charge is -2.33. The Kier molecular flexibility index (Phi) is 7.77. The zero-order chi connectivity index (χ0) is 18.2. The van der Waals surface area contributed by atoms with Crippen LogP contribution in [-0.4, -0.2) is 68.1 Å². The first kappa shape index (κ1) is 19.6. The molecule has 2 aliphatic heterocycles. The SMILES string of the molecule is CCCN1CCC(NC(=NC)NCC(c2cccs2)N2CCCC2)CC1. The molecule has 3 rings (SSSR count). The summed E-state index contributed by atoms with van der Waals surface area (Å²) in [6.07, 6.45) is 6.32. The Bertz CT molecular complexity index is 530. The van der Waals surface area contributed by atoms with E-state index in [1.165, 1.54) is 69.7 Å². The number of hydrogen-bond acceptors (Lipinski definition) is 4. The minimum Gasteiger partial charge on any atom is -0.354 e. The van der Waals surface area contributed by atoms with Crippen molar-refractivity contribution in [1.29, 1.82) is 0 Å². The second-order valence-corrected chi connectivity index (χ2v) is 8.47. The monoisotopic (exact) mass is 377 g/mol. The lowest BCUT2D eigenvalue weighted by atomic mass is 10.1. The van der Waals surface area contributed by atoms with Gasteiger partial charge in [-0.3, -0.25) is 9.89 Å². The van der Waals surface area contributed by atoms with Crippen molar-refractivity contribution in [1.82, 2.24) is 20.4 Å². The molecular weight excluding hydrogens is 342 g/mol. The number of thiophene rings is 1. The molecule has 1 atom stereocenters. The van der Waals surface area contributed by atoms with E-state index >= 15 is 0 Å². The highest BCUT2D eigenvalue weighted by atomic mass is 32.1. The molecule has 2 N–H and O–H groups in total. The van der Waals surface area contributed by atoms with Crippen molar-refractivity contribution in [3.8, 4) is 0 Å². The predicted octanol–water partition coefficient (Wildman–Crippen LogP) is 2.92. The van der Waals surface area contributed by atoms with Gasteiger partial charge in [0.1, 0.15) is 0 Å². The van der Waals surface area contributed by atoms with E-state index in [2.05, 4.69) is 49.9 Å². The van der Waals surface area contributed by atoms with E-state index in [4.69, 9.17) is 0 Å². The molecular formula is C20H35N5S. The molecule has 0 amide bonds. The number of likely N-dealkylation sites (tertiary alicyclic amines) is 2. The summed E-state index contributed by atoms with van der Waals surface area (Å²) in [5, 5.41) is 9.46. The zero-order valence-electron chi connectivity index (χ0n) is 16.4. The number of nitrogens with one attached hydrogen (secondary N) is 2. The van der Waals surface area contributed by atoms with Gasteiger partial charge in [0.05, 0.1) is 6.04 Å². The summed E-state index contributed by atoms with van der Waals surface area (Å²) in [6.45, 7) is 9.26. The minimum atomic E-state index is 0.461. The van der Waals surface area contributed by atoms with Crippen molar-refractivity contribution in [3.05, 3.63) is 22.4 Å². The van der Waals surface area contributed by atoms with Gasteiger partial charge in [0.2, 0.25) is 0 Å². The molecule has 1 unspecified atom stereocenters. The van der Waals surface area contributed by atoms with Crippen molar-refractivity contribution in [3.63, 3.8) is 0 Å². The van der Waals surface area contributed by atoms with Crippen LogP contribution in [0.4, 0.5) is 0 Å². The van der Waals surface area contributed by atoms with E-state index in [0.717, 1.165) is 12.5 Å². The molecule has 0 aromatic carbocycles. The van der Waals surface area contributed by atoms with Crippen LogP contribution in [0.15, 0.2) is 22.5 Å². The van der Waals surface area contributed by atoms with Crippen LogP contribution in [0, 0.1) is 0 Å². The van der Waals surface area contributed by atoms with Gasteiger partial charge in [-0.2, -0.15) is 0 Å². The van der Waals surface area contributed by atoms with Crippen molar-refractivity contribution in [2.45, 2.75) is 51.1 Å². The molecule has 2 fully saturated rings. The molecule has 5 nitrogen and oxygen atoms in total. The molecule has 2 saturated heterocycles. The Morgan fingerprint density at radius 1 is 1.27 bits per heavy atom. The fourth-order valence-corrected chi connectivity index (χ4v) is 5.00. The van der Waals surface area contributed by atoms with Crippen LogP contribution in [-0.2, 0) is 0 Å². The standard InChI is InChI=1S/C20H35N5S/c1-3-10-24-13-8-17(9-14-24)23-20(21-2)22-16-18(19-7-6-15-26-19)25-11-4-5-12-25/h6-7,15,17-18H,3-5,8-14,16H2,1-2H3,(H2,21,22,23). The Hall–Kier alpha value is -1.11. The van der Waals surface area contributed by atoms with Gasteiger partial charge in [-0.25, -0.2) is 0 Å². The first-order valence-electron chi connectivity index (χ1n) is 10.3. The van der Waals surface area contributed by atoms with E-state index in [9.17, 15) is 0 Å². The molecule has 3 heterocycles. The number of piperidine rings is 1. The van der Waals surface area contributed by atoms with Crippen molar-refractivity contribution in [2.75, 3.05) is 46.3 Å². The Balaban J connectivity index is 1.49. The first-order chi connectivity index (χ1) is 12.8. The zero-order valence-corrected chi connectivity index (χ0v) is 17.2. The van der Waals surface area contributed by atoms with Crippen LogP contribution in [0.2, 0.25) is 0 Å².